The number of carboxylic acid groups (broad SMARTS) is 1. The SMILES string of the molecule is CC(C(=O)O)c1ccsc1Br. The van der Waals surface area contributed by atoms with Crippen LogP contribution < -0.4 is 0 Å². The Morgan fingerprint density at radius 3 is 2.82 bits per heavy atom. The maximum atomic E-state index is 10.5. The highest BCUT2D eigenvalue weighted by atomic mass is 79.9. The molecule has 0 aliphatic carbocycles. The van der Waals surface area contributed by atoms with Crippen molar-refractivity contribution >= 4 is 33.2 Å². The summed E-state index contributed by atoms with van der Waals surface area (Å²) < 4.78 is 0.910. The van der Waals surface area contributed by atoms with Crippen LogP contribution >= 0.6 is 27.3 Å². The molecule has 1 N–H and O–H groups in total. The Hall–Kier alpha value is -0.350. The number of hydrogen-bond donors (Lipinski definition) is 1. The van der Waals surface area contributed by atoms with Crippen molar-refractivity contribution < 1.29 is 9.90 Å². The summed E-state index contributed by atoms with van der Waals surface area (Å²) in [6, 6.07) is 1.83. The fourth-order valence-corrected chi connectivity index (χ4v) is 2.26. The lowest BCUT2D eigenvalue weighted by atomic mass is 10.1. The van der Waals surface area contributed by atoms with E-state index in [1.165, 1.54) is 11.3 Å². The summed E-state index contributed by atoms with van der Waals surface area (Å²) in [6.45, 7) is 1.68. The molecule has 0 fully saturated rings. The minimum Gasteiger partial charge on any atom is -0.481 e. The Labute approximate surface area is 77.0 Å². The minimum atomic E-state index is -0.788. The second kappa shape index (κ2) is 3.36. The van der Waals surface area contributed by atoms with Crippen molar-refractivity contribution in [2.24, 2.45) is 0 Å². The van der Waals surface area contributed by atoms with Gasteiger partial charge in [0, 0.05) is 0 Å². The topological polar surface area (TPSA) is 37.3 Å². The van der Waals surface area contributed by atoms with Crippen molar-refractivity contribution in [3.05, 3.63) is 20.8 Å². The van der Waals surface area contributed by atoms with E-state index in [0.29, 0.717) is 0 Å². The molecule has 1 atom stereocenters. The summed E-state index contributed by atoms with van der Waals surface area (Å²) in [6.07, 6.45) is 0. The maximum absolute atomic E-state index is 10.5. The second-order valence-corrected chi connectivity index (χ2v) is 4.44. The van der Waals surface area contributed by atoms with Crippen LogP contribution in [-0.4, -0.2) is 11.1 Å². The summed E-state index contributed by atoms with van der Waals surface area (Å²) in [4.78, 5) is 10.5. The van der Waals surface area contributed by atoms with Crippen LogP contribution in [0.4, 0.5) is 0 Å². The van der Waals surface area contributed by atoms with Crippen LogP contribution in [0.25, 0.3) is 0 Å². The largest absolute Gasteiger partial charge is 0.481 e. The van der Waals surface area contributed by atoms with Crippen LogP contribution in [0.15, 0.2) is 15.2 Å². The molecule has 0 amide bonds. The van der Waals surface area contributed by atoms with E-state index in [9.17, 15) is 4.79 Å². The van der Waals surface area contributed by atoms with E-state index >= 15 is 0 Å². The first-order valence-corrected chi connectivity index (χ1v) is 4.76. The molecule has 60 valence electrons. The maximum Gasteiger partial charge on any atom is 0.310 e. The second-order valence-electron chi connectivity index (χ2n) is 2.21. The summed E-state index contributed by atoms with van der Waals surface area (Å²) in [7, 11) is 0. The van der Waals surface area contributed by atoms with Gasteiger partial charge in [-0.25, -0.2) is 0 Å². The highest BCUT2D eigenvalue weighted by Crippen LogP contribution is 2.29. The third kappa shape index (κ3) is 1.81. The molecule has 0 spiro atoms. The van der Waals surface area contributed by atoms with Crippen LogP contribution in [0.3, 0.4) is 0 Å². The molecular weight excluding hydrogens is 228 g/mol. The van der Waals surface area contributed by atoms with Gasteiger partial charge < -0.3 is 5.11 Å². The van der Waals surface area contributed by atoms with E-state index < -0.39 is 11.9 Å². The molecule has 1 heterocycles. The van der Waals surface area contributed by atoms with E-state index in [0.717, 1.165) is 9.35 Å². The number of carbonyl (C=O) groups is 1. The monoisotopic (exact) mass is 234 g/mol. The molecule has 0 saturated heterocycles. The van der Waals surface area contributed by atoms with Gasteiger partial charge in [-0.3, -0.25) is 4.79 Å². The van der Waals surface area contributed by atoms with Gasteiger partial charge >= 0.3 is 5.97 Å². The van der Waals surface area contributed by atoms with Gasteiger partial charge in [-0.05, 0) is 39.9 Å². The van der Waals surface area contributed by atoms with Gasteiger partial charge in [0.1, 0.15) is 0 Å². The highest BCUT2D eigenvalue weighted by molar-refractivity contribution is 9.11. The first kappa shape index (κ1) is 8.74. The predicted octanol–water partition coefficient (Wildman–Crippen LogP) is 2.70. The van der Waals surface area contributed by atoms with Gasteiger partial charge in [0.25, 0.3) is 0 Å². The molecule has 4 heteroatoms. The Morgan fingerprint density at radius 2 is 2.45 bits per heavy atom. The van der Waals surface area contributed by atoms with Crippen LogP contribution in [0.1, 0.15) is 18.4 Å². The van der Waals surface area contributed by atoms with E-state index in [2.05, 4.69) is 15.9 Å². The number of aliphatic carboxylic acids is 1. The first-order valence-electron chi connectivity index (χ1n) is 3.08. The fraction of sp³-hybridized carbons (Fsp3) is 0.286. The van der Waals surface area contributed by atoms with E-state index in [1.807, 2.05) is 11.4 Å². The number of hydrogen-bond acceptors (Lipinski definition) is 2. The molecular formula is C7H7BrO2S. The predicted molar refractivity (Wildman–Crippen MR) is 48.1 cm³/mol. The highest BCUT2D eigenvalue weighted by Gasteiger charge is 2.16. The van der Waals surface area contributed by atoms with Gasteiger partial charge in [-0.15, -0.1) is 11.3 Å². The Balaban J connectivity index is 2.92. The molecule has 1 aromatic heterocycles. The number of thiophene rings is 1. The lowest BCUT2D eigenvalue weighted by molar-refractivity contribution is -0.138. The van der Waals surface area contributed by atoms with Gasteiger partial charge in [-0.2, -0.15) is 0 Å². The van der Waals surface area contributed by atoms with Gasteiger partial charge in [0.15, 0.2) is 0 Å². The number of carboxylic acids is 1. The quantitative estimate of drug-likeness (QED) is 0.855. The molecule has 1 rings (SSSR count). The van der Waals surface area contributed by atoms with Crippen LogP contribution in [0.2, 0.25) is 0 Å². The molecule has 11 heavy (non-hydrogen) atoms. The summed E-state index contributed by atoms with van der Waals surface area (Å²) in [5.41, 5.74) is 0.850. The van der Waals surface area contributed by atoms with Crippen molar-refractivity contribution in [2.45, 2.75) is 12.8 Å². The van der Waals surface area contributed by atoms with Crippen LogP contribution in [-0.2, 0) is 4.79 Å². The summed E-state index contributed by atoms with van der Waals surface area (Å²) in [5.74, 6) is -1.21. The third-order valence-electron chi connectivity index (χ3n) is 1.48. The lowest BCUT2D eigenvalue weighted by Gasteiger charge is -2.02. The van der Waals surface area contributed by atoms with Crippen LogP contribution in [0.5, 0.6) is 0 Å². The summed E-state index contributed by atoms with van der Waals surface area (Å²) in [5, 5.41) is 10.5. The van der Waals surface area contributed by atoms with Crippen LogP contribution in [0, 0.1) is 0 Å². The summed E-state index contributed by atoms with van der Waals surface area (Å²) >= 11 is 4.79. The number of halogens is 1. The molecule has 2 nitrogen and oxygen atoms in total. The van der Waals surface area contributed by atoms with E-state index in [4.69, 9.17) is 5.11 Å². The average Bonchev–Trinajstić information content (AvgIpc) is 2.33. The smallest absolute Gasteiger partial charge is 0.310 e. The Bertz CT molecular complexity index is 269. The van der Waals surface area contributed by atoms with Gasteiger partial charge in [0.05, 0.1) is 9.70 Å². The zero-order valence-corrected chi connectivity index (χ0v) is 8.28. The first-order chi connectivity index (χ1) is 5.13. The zero-order valence-electron chi connectivity index (χ0n) is 5.87. The number of rotatable bonds is 2. The molecule has 0 radical (unpaired) electrons. The average molecular weight is 235 g/mol. The van der Waals surface area contributed by atoms with Gasteiger partial charge in [-0.1, -0.05) is 0 Å². The molecule has 0 aliphatic rings. The van der Waals surface area contributed by atoms with Crippen molar-refractivity contribution in [3.63, 3.8) is 0 Å². The van der Waals surface area contributed by atoms with Gasteiger partial charge in [0.2, 0.25) is 0 Å². The normalized spacial score (nSPS) is 12.9. The molecule has 0 bridgehead atoms. The van der Waals surface area contributed by atoms with E-state index in [-0.39, 0.29) is 0 Å². The Morgan fingerprint density at radius 1 is 1.82 bits per heavy atom. The third-order valence-corrected chi connectivity index (χ3v) is 3.22. The molecule has 1 aromatic rings. The van der Waals surface area contributed by atoms with Crippen molar-refractivity contribution in [1.29, 1.82) is 0 Å². The van der Waals surface area contributed by atoms with Crippen molar-refractivity contribution in [1.82, 2.24) is 0 Å². The van der Waals surface area contributed by atoms with E-state index in [1.54, 1.807) is 6.92 Å². The lowest BCUT2D eigenvalue weighted by Crippen LogP contribution is -2.06. The van der Waals surface area contributed by atoms with Crippen molar-refractivity contribution in [3.8, 4) is 0 Å². The molecule has 0 saturated carbocycles. The minimum absolute atomic E-state index is 0.421. The molecule has 0 aliphatic heterocycles. The standard InChI is InChI=1S/C7H7BrO2S/c1-4(7(9)10)5-2-3-11-6(5)8/h2-4H,1H3,(H,9,10). The zero-order chi connectivity index (χ0) is 8.43. The Kier molecular flexibility index (Phi) is 2.67. The fourth-order valence-electron chi connectivity index (χ4n) is 0.748. The molecule has 0 aromatic carbocycles. The van der Waals surface area contributed by atoms with Crippen molar-refractivity contribution in [2.75, 3.05) is 0 Å². The molecule has 1 unspecified atom stereocenters.